The summed E-state index contributed by atoms with van der Waals surface area (Å²) in [5, 5.41) is 12.3. The van der Waals surface area contributed by atoms with Crippen molar-refractivity contribution in [2.75, 3.05) is 18.2 Å². The molecule has 10 heteroatoms. The van der Waals surface area contributed by atoms with Crippen LogP contribution in [0.1, 0.15) is 47.2 Å². The van der Waals surface area contributed by atoms with Crippen LogP contribution in [0.3, 0.4) is 0 Å². The van der Waals surface area contributed by atoms with Crippen LogP contribution in [-0.2, 0) is 0 Å². The highest BCUT2D eigenvalue weighted by atomic mass is 32.2. The highest BCUT2D eigenvalue weighted by molar-refractivity contribution is 7.98. The second kappa shape index (κ2) is 9.13. The molecule has 0 aliphatic rings. The molecule has 6 nitrogen and oxygen atoms in total. The predicted molar refractivity (Wildman–Crippen MR) is 103 cm³/mol. The summed E-state index contributed by atoms with van der Waals surface area (Å²) in [4.78, 5) is 21.6. The van der Waals surface area contributed by atoms with Gasteiger partial charge in [-0.05, 0) is 31.4 Å². The molecule has 154 valence electrons. The van der Waals surface area contributed by atoms with E-state index in [9.17, 15) is 23.2 Å². The first-order chi connectivity index (χ1) is 13.6. The van der Waals surface area contributed by atoms with Crippen LogP contribution in [0.4, 0.5) is 18.9 Å². The molecule has 1 amide bonds. The predicted octanol–water partition coefficient (Wildman–Crippen LogP) is 4.70. The summed E-state index contributed by atoms with van der Waals surface area (Å²) < 4.78 is 41.6. The topological polar surface area (TPSA) is 87.9 Å². The average Bonchev–Trinajstić information content (AvgIpc) is 2.65. The van der Waals surface area contributed by atoms with Crippen LogP contribution in [0.2, 0.25) is 0 Å². The average molecular weight is 424 g/mol. The van der Waals surface area contributed by atoms with E-state index in [0.29, 0.717) is 22.1 Å². The SMILES string of the molecule is CSc1nc(C(C)C)nc(C)c1C(=O)Nc1ccc(OCC(F)(F)F)c(C#N)c1. The maximum absolute atomic E-state index is 12.8. The minimum absolute atomic E-state index is 0.0964. The number of rotatable bonds is 6. The Labute approximate surface area is 170 Å². The lowest BCUT2D eigenvalue weighted by Gasteiger charge is -2.14. The third-order valence-corrected chi connectivity index (χ3v) is 4.44. The molecule has 0 fully saturated rings. The Balaban J connectivity index is 2.28. The first-order valence-electron chi connectivity index (χ1n) is 8.53. The number of thioether (sulfide) groups is 1. The van der Waals surface area contributed by atoms with Crippen molar-refractivity contribution in [1.82, 2.24) is 9.97 Å². The summed E-state index contributed by atoms with van der Waals surface area (Å²) in [6.45, 7) is 4.09. The molecule has 0 radical (unpaired) electrons. The molecule has 1 aromatic carbocycles. The van der Waals surface area contributed by atoms with Crippen molar-refractivity contribution in [1.29, 1.82) is 5.26 Å². The van der Waals surface area contributed by atoms with Crippen molar-refractivity contribution in [2.24, 2.45) is 0 Å². The molecule has 2 rings (SSSR count). The Kier molecular flexibility index (Phi) is 7.08. The van der Waals surface area contributed by atoms with Crippen molar-refractivity contribution >= 4 is 23.4 Å². The number of nitrogens with one attached hydrogen (secondary N) is 1. The maximum Gasteiger partial charge on any atom is 0.422 e. The summed E-state index contributed by atoms with van der Waals surface area (Å²) >= 11 is 1.31. The number of amides is 1. The fourth-order valence-electron chi connectivity index (χ4n) is 2.41. The maximum atomic E-state index is 12.8. The van der Waals surface area contributed by atoms with Gasteiger partial charge in [0.15, 0.2) is 6.61 Å². The standard InChI is InChI=1S/C19H19F3N4O2S/c1-10(2)16-24-11(3)15(18(26-16)29-4)17(27)25-13-5-6-14(12(7-13)8-23)28-9-19(20,21)22/h5-7,10H,9H2,1-4H3,(H,25,27). The molecule has 2 aromatic rings. The normalized spacial score (nSPS) is 11.3. The first-order valence-corrected chi connectivity index (χ1v) is 9.75. The van der Waals surface area contributed by atoms with Gasteiger partial charge in [0.1, 0.15) is 22.7 Å². The highest BCUT2D eigenvalue weighted by Gasteiger charge is 2.29. The lowest BCUT2D eigenvalue weighted by molar-refractivity contribution is -0.153. The van der Waals surface area contributed by atoms with Crippen LogP contribution >= 0.6 is 11.8 Å². The minimum Gasteiger partial charge on any atom is -0.483 e. The lowest BCUT2D eigenvalue weighted by Crippen LogP contribution is -2.20. The summed E-state index contributed by atoms with van der Waals surface area (Å²) in [6, 6.07) is 5.59. The van der Waals surface area contributed by atoms with Gasteiger partial charge < -0.3 is 10.1 Å². The van der Waals surface area contributed by atoms with Gasteiger partial charge >= 0.3 is 6.18 Å². The van der Waals surface area contributed by atoms with Crippen molar-refractivity contribution < 1.29 is 22.7 Å². The van der Waals surface area contributed by atoms with Gasteiger partial charge in [-0.3, -0.25) is 4.79 Å². The zero-order valence-corrected chi connectivity index (χ0v) is 17.0. The molecule has 29 heavy (non-hydrogen) atoms. The molecular formula is C19H19F3N4O2S. The Bertz CT molecular complexity index is 956. The number of hydrogen-bond donors (Lipinski definition) is 1. The third kappa shape index (κ3) is 5.84. The molecule has 0 saturated carbocycles. The van der Waals surface area contributed by atoms with Gasteiger partial charge in [0.2, 0.25) is 0 Å². The Morgan fingerprint density at radius 3 is 2.59 bits per heavy atom. The van der Waals surface area contributed by atoms with Crippen LogP contribution in [0.25, 0.3) is 0 Å². The number of aromatic nitrogens is 2. The van der Waals surface area contributed by atoms with Gasteiger partial charge in [0, 0.05) is 11.6 Å². The molecule has 0 spiro atoms. The number of hydrogen-bond acceptors (Lipinski definition) is 6. The van der Waals surface area contributed by atoms with Gasteiger partial charge in [-0.1, -0.05) is 13.8 Å². The number of anilines is 1. The van der Waals surface area contributed by atoms with Crippen molar-refractivity contribution in [2.45, 2.75) is 37.9 Å². The molecular weight excluding hydrogens is 405 g/mol. The number of ether oxygens (including phenoxy) is 1. The van der Waals surface area contributed by atoms with Gasteiger partial charge in [0.05, 0.1) is 16.8 Å². The number of alkyl halides is 3. The Hall–Kier alpha value is -2.80. The van der Waals surface area contributed by atoms with Crippen LogP contribution < -0.4 is 10.1 Å². The summed E-state index contributed by atoms with van der Waals surface area (Å²) in [7, 11) is 0. The van der Waals surface area contributed by atoms with E-state index < -0.39 is 18.7 Å². The number of halogens is 3. The summed E-state index contributed by atoms with van der Waals surface area (Å²) in [5.41, 5.74) is 0.930. The molecule has 1 N–H and O–H groups in total. The number of carbonyl (C=O) groups is 1. The minimum atomic E-state index is -4.52. The van der Waals surface area contributed by atoms with Crippen molar-refractivity contribution in [3.05, 3.63) is 40.8 Å². The molecule has 0 atom stereocenters. The number of carbonyl (C=O) groups excluding carboxylic acids is 1. The summed E-state index contributed by atoms with van der Waals surface area (Å²) in [6.07, 6.45) is -2.73. The van der Waals surface area contributed by atoms with E-state index in [4.69, 9.17) is 0 Å². The van der Waals surface area contributed by atoms with E-state index in [2.05, 4.69) is 20.0 Å². The van der Waals surface area contributed by atoms with Gasteiger partial charge in [0.25, 0.3) is 5.91 Å². The van der Waals surface area contributed by atoms with E-state index in [0.717, 1.165) is 0 Å². The molecule has 0 aliphatic heterocycles. The van der Waals surface area contributed by atoms with E-state index in [1.54, 1.807) is 19.2 Å². The van der Waals surface area contributed by atoms with Gasteiger partial charge in [-0.15, -0.1) is 11.8 Å². The molecule has 0 bridgehead atoms. The molecule has 0 aliphatic carbocycles. The zero-order valence-electron chi connectivity index (χ0n) is 16.2. The van der Waals surface area contributed by atoms with Crippen LogP contribution in [0.15, 0.2) is 23.2 Å². The van der Waals surface area contributed by atoms with Gasteiger partial charge in [-0.25, -0.2) is 9.97 Å². The second-order valence-corrected chi connectivity index (χ2v) is 7.18. The number of nitrogens with zero attached hydrogens (tertiary/aromatic N) is 3. The molecule has 1 aromatic heterocycles. The van der Waals surface area contributed by atoms with Crippen LogP contribution in [-0.4, -0.2) is 34.9 Å². The largest absolute Gasteiger partial charge is 0.483 e. The first kappa shape index (κ1) is 22.5. The second-order valence-electron chi connectivity index (χ2n) is 6.39. The smallest absolute Gasteiger partial charge is 0.422 e. The van der Waals surface area contributed by atoms with Crippen LogP contribution in [0.5, 0.6) is 5.75 Å². The fourth-order valence-corrected chi connectivity index (χ4v) is 3.04. The third-order valence-electron chi connectivity index (χ3n) is 3.76. The van der Waals surface area contributed by atoms with Gasteiger partial charge in [-0.2, -0.15) is 18.4 Å². The molecule has 0 saturated heterocycles. The van der Waals surface area contributed by atoms with Crippen molar-refractivity contribution in [3.8, 4) is 11.8 Å². The Morgan fingerprint density at radius 1 is 1.34 bits per heavy atom. The van der Waals surface area contributed by atoms with E-state index in [-0.39, 0.29) is 22.9 Å². The van der Waals surface area contributed by atoms with E-state index in [1.165, 1.54) is 30.0 Å². The molecule has 0 unspecified atom stereocenters. The lowest BCUT2D eigenvalue weighted by atomic mass is 10.1. The summed E-state index contributed by atoms with van der Waals surface area (Å²) in [5.74, 6) is 0.0314. The van der Waals surface area contributed by atoms with Crippen LogP contribution in [0, 0.1) is 18.3 Å². The fraction of sp³-hybridized carbons (Fsp3) is 0.368. The Morgan fingerprint density at radius 2 is 2.03 bits per heavy atom. The van der Waals surface area contributed by atoms with E-state index in [1.807, 2.05) is 13.8 Å². The van der Waals surface area contributed by atoms with E-state index >= 15 is 0 Å². The number of benzene rings is 1. The van der Waals surface area contributed by atoms with Crippen molar-refractivity contribution in [3.63, 3.8) is 0 Å². The highest BCUT2D eigenvalue weighted by Crippen LogP contribution is 2.27. The number of nitriles is 1. The number of aryl methyl sites for hydroxylation is 1. The quantitative estimate of drug-likeness (QED) is 0.534. The monoisotopic (exact) mass is 424 g/mol. The zero-order chi connectivity index (χ0) is 21.8. The molecule has 1 heterocycles.